The van der Waals surface area contributed by atoms with Gasteiger partial charge >= 0.3 is 71.9 Å². The molecule has 1 heterocycles. The molecule has 1 aliphatic rings. The molecule has 760 valence electrons. The molecule has 4 aromatic carbocycles. The third kappa shape index (κ3) is 43.8. The molecule has 0 aromatic heterocycles. The molecule has 5 rings (SSSR count). The summed E-state index contributed by atoms with van der Waals surface area (Å²) < 4.78 is 95.0. The van der Waals surface area contributed by atoms with E-state index in [0.717, 1.165) is 48.5 Å². The van der Waals surface area contributed by atoms with Crippen LogP contribution in [0.1, 0.15) is 300 Å². The number of esters is 8. The predicted octanol–water partition coefficient (Wildman–Crippen LogP) is 19.4. The zero-order valence-corrected chi connectivity index (χ0v) is 84.3. The average molecular weight is 1910 g/mol. The van der Waals surface area contributed by atoms with Crippen LogP contribution in [0.5, 0.6) is 0 Å². The van der Waals surface area contributed by atoms with Crippen LogP contribution in [-0.4, -0.2) is 226 Å². The Morgan fingerprint density at radius 2 is 0.287 bits per heavy atom. The van der Waals surface area contributed by atoms with Gasteiger partial charge < -0.3 is 118 Å². The summed E-state index contributed by atoms with van der Waals surface area (Å²) in [6.07, 6.45) is -0.655. The second kappa shape index (κ2) is 60.2. The fourth-order valence-corrected chi connectivity index (χ4v) is 12.3. The molecule has 0 saturated heterocycles. The van der Waals surface area contributed by atoms with Crippen LogP contribution in [0.3, 0.4) is 0 Å². The molecule has 8 amide bonds. The van der Waals surface area contributed by atoms with Crippen LogP contribution in [0.4, 0.5) is 64.7 Å². The Balaban J connectivity index is 2.02. The highest BCUT2D eigenvalue weighted by Gasteiger charge is 2.34. The van der Waals surface area contributed by atoms with E-state index in [9.17, 15) is 0 Å². The lowest BCUT2D eigenvalue weighted by molar-refractivity contribution is -0.00365. The molecule has 136 heavy (non-hydrogen) atoms. The van der Waals surface area contributed by atoms with E-state index in [1.165, 1.54) is 0 Å². The van der Waals surface area contributed by atoms with Crippen LogP contribution < -0.4 is 42.5 Å². The number of hydrogen-bond acceptors (Lipinski definition) is 28. The Morgan fingerprint density at radius 3 is 0.382 bits per heavy atom. The van der Waals surface area contributed by atoms with Gasteiger partial charge in [0.05, 0.1) is 139 Å². The molecule has 0 unspecified atom stereocenters. The van der Waals surface area contributed by atoms with E-state index in [1.54, 1.807) is 55.4 Å². The first-order valence-corrected chi connectivity index (χ1v) is 47.6. The van der Waals surface area contributed by atoms with Crippen molar-refractivity contribution in [3.8, 4) is 0 Å². The van der Waals surface area contributed by atoms with Gasteiger partial charge in [-0.25, -0.2) is 57.5 Å². The summed E-state index contributed by atoms with van der Waals surface area (Å²) in [5.41, 5.74) is -8.73. The minimum absolute atomic E-state index is 0.243. The number of rotatable bonds is 56. The highest BCUT2D eigenvalue weighted by molar-refractivity contribution is 6.17. The van der Waals surface area contributed by atoms with E-state index in [-0.39, 0.29) is 100 Å². The van der Waals surface area contributed by atoms with Crippen molar-refractivity contribution in [2.24, 2.45) is 47.3 Å². The molecule has 0 saturated carbocycles. The third-order valence-corrected chi connectivity index (χ3v) is 20.7. The van der Waals surface area contributed by atoms with Gasteiger partial charge in [-0.2, -0.15) is 0 Å². The highest BCUT2D eigenvalue weighted by atomic mass is 16.6. The molecule has 8 bridgehead atoms. The van der Waals surface area contributed by atoms with Gasteiger partial charge in [0.15, 0.2) is 0 Å². The summed E-state index contributed by atoms with van der Waals surface area (Å²) in [4.78, 5) is 182. The minimum atomic E-state index is -1.32. The van der Waals surface area contributed by atoms with E-state index in [2.05, 4.69) is 42.5 Å². The lowest BCUT2D eigenvalue weighted by Crippen LogP contribution is -2.29. The van der Waals surface area contributed by atoms with E-state index in [4.69, 9.17) is 75.8 Å². The SMILES string of the molecule is CC(C)CCO[C@@H](C)COC(=O)c1cc(C(=O)OC[C@H](C)OCCC(C)C)c2cc1NC(=O)Nc1cc(c(C(=O)OC[C@H](C)OCCC(C)C)cc1C(=O)OC[C@H](C)OCCC(C)C)NC(=O)Nc1cc(c(C(=O)OC[C@H](C)OCCC(C)C)cc1C(=O)OC[C@H](C)OCCC(C)C)NC(=O)Nc1cc(c(C(=O)OC[C@H](C)OCCC(C)C)cc1C(=O)OC[C@H](C)OCCC(C)C)NC(=O)N2. The first-order chi connectivity index (χ1) is 64.2. The summed E-state index contributed by atoms with van der Waals surface area (Å²) in [6.45, 7) is 44.3. The van der Waals surface area contributed by atoms with Gasteiger partial charge in [-0.3, -0.25) is 0 Å². The summed E-state index contributed by atoms with van der Waals surface area (Å²) in [5.74, 6) is -7.52. The van der Waals surface area contributed by atoms with Crippen LogP contribution in [0.2, 0.25) is 0 Å². The normalized spacial score (nSPS) is 14.4. The molecule has 0 fully saturated rings. The first kappa shape index (κ1) is 116. The van der Waals surface area contributed by atoms with Crippen molar-refractivity contribution < 1.29 is 133 Å². The number of urea groups is 4. The third-order valence-electron chi connectivity index (χ3n) is 20.7. The van der Waals surface area contributed by atoms with Crippen molar-refractivity contribution in [2.45, 2.75) is 266 Å². The lowest BCUT2D eigenvalue weighted by Gasteiger charge is -2.22. The quantitative estimate of drug-likeness (QED) is 0.0150. The number of amides is 8. The van der Waals surface area contributed by atoms with Crippen LogP contribution in [0.25, 0.3) is 0 Å². The van der Waals surface area contributed by atoms with Crippen LogP contribution in [0.15, 0.2) is 48.5 Å². The topological polar surface area (TPSA) is 449 Å². The Morgan fingerprint density at radius 1 is 0.184 bits per heavy atom. The van der Waals surface area contributed by atoms with Gasteiger partial charge in [-0.15, -0.1) is 0 Å². The van der Waals surface area contributed by atoms with E-state index >= 15 is 57.5 Å². The fourth-order valence-electron chi connectivity index (χ4n) is 12.3. The molecule has 8 N–H and O–H groups in total. The summed E-state index contributed by atoms with van der Waals surface area (Å²) >= 11 is 0. The van der Waals surface area contributed by atoms with E-state index in [0.29, 0.717) is 51.4 Å². The number of hydrogen-bond donors (Lipinski definition) is 8. The molecule has 36 heteroatoms. The maximum absolute atomic E-state index is 15.5. The van der Waals surface area contributed by atoms with Crippen molar-refractivity contribution in [3.05, 3.63) is 93.0 Å². The van der Waals surface area contributed by atoms with Crippen molar-refractivity contribution in [2.75, 3.05) is 148 Å². The smallest absolute Gasteiger partial charge is 0.340 e. The summed E-state index contributed by atoms with van der Waals surface area (Å²) in [5, 5.41) is 20.7. The first-order valence-electron chi connectivity index (χ1n) is 47.6. The zero-order valence-electron chi connectivity index (χ0n) is 84.3. The largest absolute Gasteiger partial charge is 0.459 e. The molecular formula is C100H152N8O28. The van der Waals surface area contributed by atoms with E-state index in [1.807, 2.05) is 111 Å². The molecule has 1 aliphatic heterocycles. The van der Waals surface area contributed by atoms with Crippen molar-refractivity contribution in [1.82, 2.24) is 0 Å². The van der Waals surface area contributed by atoms with Crippen LogP contribution in [-0.2, 0) is 75.8 Å². The molecular weight excluding hydrogens is 1760 g/mol. The van der Waals surface area contributed by atoms with Crippen molar-refractivity contribution in [1.29, 1.82) is 0 Å². The maximum Gasteiger partial charge on any atom is 0.340 e. The molecule has 36 nitrogen and oxygen atoms in total. The molecule has 0 spiro atoms. The number of nitrogens with one attached hydrogen (secondary N) is 8. The monoisotopic (exact) mass is 1910 g/mol. The zero-order chi connectivity index (χ0) is 101. The average Bonchev–Trinajstić information content (AvgIpc) is 0.782. The molecule has 4 aromatic rings. The number of benzene rings is 4. The number of fused-ring (bicyclic) bond motifs is 8. The second-order valence-electron chi connectivity index (χ2n) is 37.8. The Labute approximate surface area is 801 Å². The van der Waals surface area contributed by atoms with Crippen LogP contribution >= 0.6 is 0 Å². The fraction of sp³-hybridized carbons (Fsp3) is 0.640. The molecule has 0 aliphatic carbocycles. The summed E-state index contributed by atoms with van der Waals surface area (Å²) in [7, 11) is 0. The standard InChI is InChI=1S/C100H152N8O28/c1-57(2)25-33-121-65(17)49-129-89(109)73-41-74(90(110)130-50-66(18)122-34-26-58(3)4)82-45-81(73)101-97(117)103-83-46-84(76(92(112)132-52-68(20)124-36-28-60(7)8)42-75(83)91(111)131-51-67(19)123-35-27-59(5)6)105-99(119)107-87-48-88(80(96(116)136-56-72(24)128-40-32-64(15)16)44-79(87)95(115)135-55-71(23)127-39-31-63(13)14)108-100(120)106-86-47-85(104-98(118)102-82)77(93(113)133-53-69(21)125-37-29-61(9)10)43-78(86)94(114)134-54-70(22)126-38-30-62(11)12/h41-48,57-72H,25-40,49-56H2,1-24H3,(H2,101,103,117)(H2,102,104,118)(H2,105,107,119)(H2,106,108,120)/t65-,66-,67-,68-,69-,70-,71-,72-/m0/s1. The summed E-state index contributed by atoms with van der Waals surface area (Å²) in [6, 6.07) is 2.54. The minimum Gasteiger partial charge on any atom is -0.459 e. The Bertz CT molecular complexity index is 3720. The van der Waals surface area contributed by atoms with Crippen molar-refractivity contribution in [3.63, 3.8) is 0 Å². The number of carbonyl (C=O) groups is 12. The van der Waals surface area contributed by atoms with Crippen LogP contribution in [0, 0.1) is 47.3 Å². The Hall–Kier alpha value is -10.6. The Kier molecular flexibility index (Phi) is 51.3. The van der Waals surface area contributed by atoms with E-state index < -0.39 is 264 Å². The highest BCUT2D eigenvalue weighted by Crippen LogP contribution is 2.36. The number of anilines is 8. The van der Waals surface area contributed by atoms with Crippen molar-refractivity contribution >= 4 is 117 Å². The number of carbonyl (C=O) groups excluding carboxylic acids is 12. The lowest BCUT2D eigenvalue weighted by atomic mass is 10.0. The van der Waals surface area contributed by atoms with Gasteiger partial charge in [0.25, 0.3) is 0 Å². The maximum atomic E-state index is 15.5. The number of ether oxygens (including phenoxy) is 16. The van der Waals surface area contributed by atoms with Gasteiger partial charge in [0, 0.05) is 52.9 Å². The molecule has 8 atom stereocenters. The predicted molar refractivity (Wildman–Crippen MR) is 518 cm³/mol. The second-order valence-corrected chi connectivity index (χ2v) is 37.8. The van der Waals surface area contributed by atoms with Gasteiger partial charge in [-0.05, 0) is 203 Å². The molecule has 0 radical (unpaired) electrons. The van der Waals surface area contributed by atoms with Gasteiger partial charge in [0.2, 0.25) is 0 Å². The van der Waals surface area contributed by atoms with Gasteiger partial charge in [0.1, 0.15) is 52.9 Å². The van der Waals surface area contributed by atoms with Gasteiger partial charge in [-0.1, -0.05) is 111 Å².